The Morgan fingerprint density at radius 1 is 1.16 bits per heavy atom. The van der Waals surface area contributed by atoms with Crippen LogP contribution in [0.1, 0.15) is 16.7 Å². The molecule has 0 fully saturated rings. The Morgan fingerprint density at radius 2 is 1.94 bits per heavy atom. The SMILES string of the molecule is Cc1ccc(Cl)cc1NC(=O)/C(C#N)=C/c1cc(Br)ccc1OCc1ccccc1Cl. The first-order chi connectivity index (χ1) is 14.9. The number of ether oxygens (including phenoxy) is 1. The van der Waals surface area contributed by atoms with Gasteiger partial charge in [0.05, 0.1) is 0 Å². The monoisotopic (exact) mass is 514 g/mol. The number of nitrogens with zero attached hydrogens (tertiary/aromatic N) is 1. The molecule has 3 aromatic rings. The summed E-state index contributed by atoms with van der Waals surface area (Å²) in [5.74, 6) is -0.0208. The summed E-state index contributed by atoms with van der Waals surface area (Å²) in [6.07, 6.45) is 1.49. The predicted octanol–water partition coefficient (Wildman–Crippen LogP) is 7.19. The minimum absolute atomic E-state index is 0.0694. The zero-order chi connectivity index (χ0) is 22.4. The maximum Gasteiger partial charge on any atom is 0.266 e. The van der Waals surface area contributed by atoms with Crippen molar-refractivity contribution in [1.82, 2.24) is 0 Å². The number of aryl methyl sites for hydroxylation is 1. The van der Waals surface area contributed by atoms with Crippen LogP contribution in [0.3, 0.4) is 0 Å². The van der Waals surface area contributed by atoms with Crippen LogP contribution in [0, 0.1) is 18.3 Å². The first-order valence-corrected chi connectivity index (χ1v) is 10.8. The number of benzene rings is 3. The Morgan fingerprint density at radius 3 is 2.68 bits per heavy atom. The Labute approximate surface area is 199 Å². The summed E-state index contributed by atoms with van der Waals surface area (Å²) < 4.78 is 6.71. The second-order valence-electron chi connectivity index (χ2n) is 6.65. The molecule has 0 radical (unpaired) electrons. The molecule has 0 heterocycles. The van der Waals surface area contributed by atoms with E-state index in [0.29, 0.717) is 27.0 Å². The fourth-order valence-electron chi connectivity index (χ4n) is 2.76. The largest absolute Gasteiger partial charge is 0.488 e. The van der Waals surface area contributed by atoms with Gasteiger partial charge in [0.2, 0.25) is 0 Å². The third-order valence-electron chi connectivity index (χ3n) is 4.43. The van der Waals surface area contributed by atoms with Crippen LogP contribution in [-0.4, -0.2) is 5.91 Å². The van der Waals surface area contributed by atoms with Gasteiger partial charge < -0.3 is 10.1 Å². The number of carbonyl (C=O) groups is 1. The van der Waals surface area contributed by atoms with E-state index < -0.39 is 5.91 Å². The summed E-state index contributed by atoms with van der Waals surface area (Å²) in [6.45, 7) is 2.09. The summed E-state index contributed by atoms with van der Waals surface area (Å²) in [6, 6.07) is 19.9. The molecule has 31 heavy (non-hydrogen) atoms. The van der Waals surface area contributed by atoms with Gasteiger partial charge in [0.25, 0.3) is 5.91 Å². The van der Waals surface area contributed by atoms with Crippen molar-refractivity contribution in [2.75, 3.05) is 5.32 Å². The van der Waals surface area contributed by atoms with Gasteiger partial charge in [-0.05, 0) is 55.0 Å². The molecule has 0 unspecified atom stereocenters. The van der Waals surface area contributed by atoms with E-state index in [1.165, 1.54) is 6.08 Å². The van der Waals surface area contributed by atoms with Crippen molar-refractivity contribution in [3.05, 3.63) is 97.4 Å². The average Bonchev–Trinajstić information content (AvgIpc) is 2.75. The summed E-state index contributed by atoms with van der Waals surface area (Å²) in [5.41, 5.74) is 2.72. The minimum Gasteiger partial charge on any atom is -0.488 e. The molecule has 3 rings (SSSR count). The molecule has 4 nitrogen and oxygen atoms in total. The molecule has 0 aliphatic rings. The lowest BCUT2D eigenvalue weighted by Crippen LogP contribution is -2.14. The summed E-state index contributed by atoms with van der Waals surface area (Å²) in [7, 11) is 0. The summed E-state index contributed by atoms with van der Waals surface area (Å²) in [5, 5.41) is 13.4. The molecule has 0 saturated heterocycles. The number of rotatable bonds is 6. The number of halogens is 3. The van der Waals surface area contributed by atoms with Crippen molar-refractivity contribution >= 4 is 56.8 Å². The molecule has 0 aliphatic carbocycles. The molecule has 0 aliphatic heterocycles. The third-order valence-corrected chi connectivity index (χ3v) is 5.52. The molecule has 0 atom stereocenters. The van der Waals surface area contributed by atoms with E-state index in [-0.39, 0.29) is 12.2 Å². The van der Waals surface area contributed by atoms with Crippen molar-refractivity contribution < 1.29 is 9.53 Å². The molecule has 0 spiro atoms. The van der Waals surface area contributed by atoms with Crippen LogP contribution in [0.5, 0.6) is 5.75 Å². The smallest absolute Gasteiger partial charge is 0.266 e. The molecule has 0 aromatic heterocycles. The standard InChI is InChI=1S/C24H17BrCl2N2O2/c1-15-6-8-20(26)12-22(15)29-24(30)18(13-28)10-17-11-19(25)7-9-23(17)31-14-16-4-2-3-5-21(16)27/h2-12H,14H2,1H3,(H,29,30)/b18-10+. The first-order valence-electron chi connectivity index (χ1n) is 9.22. The van der Waals surface area contributed by atoms with Crippen molar-refractivity contribution in [2.24, 2.45) is 0 Å². The van der Waals surface area contributed by atoms with Crippen molar-refractivity contribution in [3.8, 4) is 11.8 Å². The Bertz CT molecular complexity index is 1200. The van der Waals surface area contributed by atoms with E-state index in [1.807, 2.05) is 37.3 Å². The van der Waals surface area contributed by atoms with E-state index in [1.54, 1.807) is 36.4 Å². The van der Waals surface area contributed by atoms with Gasteiger partial charge in [-0.25, -0.2) is 0 Å². The van der Waals surface area contributed by atoms with Gasteiger partial charge in [0.15, 0.2) is 0 Å². The topological polar surface area (TPSA) is 62.1 Å². The maximum absolute atomic E-state index is 12.7. The van der Waals surface area contributed by atoms with Gasteiger partial charge in [-0.15, -0.1) is 0 Å². The number of hydrogen-bond acceptors (Lipinski definition) is 3. The van der Waals surface area contributed by atoms with E-state index in [4.69, 9.17) is 27.9 Å². The van der Waals surface area contributed by atoms with Gasteiger partial charge in [-0.2, -0.15) is 5.26 Å². The van der Waals surface area contributed by atoms with Crippen LogP contribution in [0.25, 0.3) is 6.08 Å². The highest BCUT2D eigenvalue weighted by Gasteiger charge is 2.13. The summed E-state index contributed by atoms with van der Waals surface area (Å²) >= 11 is 15.6. The molecule has 1 amide bonds. The number of nitrogens with one attached hydrogen (secondary N) is 1. The second kappa shape index (κ2) is 10.5. The molecule has 7 heteroatoms. The van der Waals surface area contributed by atoms with Crippen LogP contribution in [-0.2, 0) is 11.4 Å². The predicted molar refractivity (Wildman–Crippen MR) is 128 cm³/mol. The highest BCUT2D eigenvalue weighted by atomic mass is 79.9. The Hall–Kier alpha value is -2.78. The summed E-state index contributed by atoms with van der Waals surface area (Å²) in [4.78, 5) is 12.7. The average molecular weight is 516 g/mol. The molecule has 0 saturated carbocycles. The van der Waals surface area contributed by atoms with Crippen LogP contribution < -0.4 is 10.1 Å². The molecule has 1 N–H and O–H groups in total. The van der Waals surface area contributed by atoms with Gasteiger partial charge in [-0.3, -0.25) is 4.79 Å². The quantitative estimate of drug-likeness (QED) is 0.279. The number of hydrogen-bond donors (Lipinski definition) is 1. The van der Waals surface area contributed by atoms with Gasteiger partial charge in [0.1, 0.15) is 24.0 Å². The molecule has 0 bridgehead atoms. The fourth-order valence-corrected chi connectivity index (χ4v) is 3.50. The highest BCUT2D eigenvalue weighted by Crippen LogP contribution is 2.28. The van der Waals surface area contributed by atoms with E-state index in [0.717, 1.165) is 15.6 Å². The fraction of sp³-hybridized carbons (Fsp3) is 0.0833. The highest BCUT2D eigenvalue weighted by molar-refractivity contribution is 9.10. The van der Waals surface area contributed by atoms with Crippen molar-refractivity contribution in [1.29, 1.82) is 5.26 Å². The van der Waals surface area contributed by atoms with E-state index in [2.05, 4.69) is 21.2 Å². The van der Waals surface area contributed by atoms with Crippen LogP contribution in [0.4, 0.5) is 5.69 Å². The zero-order valence-electron chi connectivity index (χ0n) is 16.5. The van der Waals surface area contributed by atoms with Gasteiger partial charge in [0, 0.05) is 31.3 Å². The molecule has 156 valence electrons. The zero-order valence-corrected chi connectivity index (χ0v) is 19.6. The normalized spacial score (nSPS) is 11.0. The maximum atomic E-state index is 12.7. The van der Waals surface area contributed by atoms with E-state index >= 15 is 0 Å². The molecule has 3 aromatic carbocycles. The third kappa shape index (κ3) is 6.11. The van der Waals surface area contributed by atoms with Crippen molar-refractivity contribution in [2.45, 2.75) is 13.5 Å². The molecular weight excluding hydrogens is 499 g/mol. The number of carbonyl (C=O) groups excluding carboxylic acids is 1. The van der Waals surface area contributed by atoms with Crippen LogP contribution in [0.15, 0.2) is 70.7 Å². The number of nitriles is 1. The Balaban J connectivity index is 1.86. The number of anilines is 1. The lowest BCUT2D eigenvalue weighted by Gasteiger charge is -2.12. The Kier molecular flexibility index (Phi) is 7.75. The van der Waals surface area contributed by atoms with Gasteiger partial charge in [-0.1, -0.05) is 63.4 Å². The first kappa shape index (κ1) is 22.9. The number of amides is 1. The van der Waals surface area contributed by atoms with Crippen molar-refractivity contribution in [3.63, 3.8) is 0 Å². The van der Waals surface area contributed by atoms with Gasteiger partial charge >= 0.3 is 0 Å². The second-order valence-corrected chi connectivity index (χ2v) is 8.40. The lowest BCUT2D eigenvalue weighted by molar-refractivity contribution is -0.112. The van der Waals surface area contributed by atoms with E-state index in [9.17, 15) is 10.1 Å². The minimum atomic E-state index is -0.537. The van der Waals surface area contributed by atoms with Crippen LogP contribution in [0.2, 0.25) is 10.0 Å². The van der Waals surface area contributed by atoms with Crippen LogP contribution >= 0.6 is 39.1 Å². The molecular formula is C24H17BrCl2N2O2. The lowest BCUT2D eigenvalue weighted by atomic mass is 10.1.